The van der Waals surface area contributed by atoms with Crippen molar-refractivity contribution in [3.8, 4) is 0 Å². The lowest BCUT2D eigenvalue weighted by Gasteiger charge is -2.19. The average Bonchev–Trinajstić information content (AvgIpc) is 2.12. The van der Waals surface area contributed by atoms with Gasteiger partial charge in [0.15, 0.2) is 6.29 Å². The lowest BCUT2D eigenvalue weighted by atomic mass is 10.1. The first-order valence-corrected chi connectivity index (χ1v) is 5.17. The first-order valence-electron chi connectivity index (χ1n) is 4.79. The number of aryl methyl sites for hydroxylation is 1. The molecule has 0 amide bonds. The molecule has 16 heavy (non-hydrogen) atoms. The zero-order valence-corrected chi connectivity index (χ0v) is 10.2. The van der Waals surface area contributed by atoms with E-state index >= 15 is 0 Å². The summed E-state index contributed by atoms with van der Waals surface area (Å²) in [6.07, 6.45) is 0.592. The quantitative estimate of drug-likeness (QED) is 0.618. The lowest BCUT2D eigenvalue weighted by Crippen LogP contribution is -2.30. The van der Waals surface area contributed by atoms with Crippen molar-refractivity contribution in [2.24, 2.45) is 0 Å². The number of carbonyl (C=O) groups is 1. The molecule has 0 saturated carbocycles. The van der Waals surface area contributed by atoms with Crippen molar-refractivity contribution in [3.05, 3.63) is 16.5 Å². The number of rotatable bonds is 4. The third kappa shape index (κ3) is 3.43. The van der Waals surface area contributed by atoms with Crippen molar-refractivity contribution in [2.45, 2.75) is 26.4 Å². The third-order valence-electron chi connectivity index (χ3n) is 1.82. The minimum absolute atomic E-state index is 0.112. The first kappa shape index (κ1) is 12.9. The van der Waals surface area contributed by atoms with Gasteiger partial charge in [-0.2, -0.15) is 0 Å². The molecule has 1 aromatic rings. The average molecular weight is 244 g/mol. The predicted octanol–water partition coefficient (Wildman–Crippen LogP) is 1.43. The Balaban J connectivity index is 2.98. The van der Waals surface area contributed by atoms with Crippen LogP contribution in [0.1, 0.15) is 30.0 Å². The van der Waals surface area contributed by atoms with Crippen LogP contribution in [0.5, 0.6) is 0 Å². The summed E-state index contributed by atoms with van der Waals surface area (Å²) in [7, 11) is 0. The van der Waals surface area contributed by atoms with Gasteiger partial charge in [0.25, 0.3) is 0 Å². The standard InChI is InChI=1S/C10H14ClN3O2/c1-6-13-8(11)7(4-15)9(14-6)12-5-10(2,3)16/h4,16H,5H2,1-3H3,(H,12,13,14). The molecular formula is C10H14ClN3O2. The van der Waals surface area contributed by atoms with Gasteiger partial charge in [0.2, 0.25) is 0 Å². The Morgan fingerprint density at radius 1 is 1.50 bits per heavy atom. The maximum absolute atomic E-state index is 10.8. The van der Waals surface area contributed by atoms with Crippen LogP contribution in [-0.4, -0.2) is 33.5 Å². The van der Waals surface area contributed by atoms with Gasteiger partial charge in [0, 0.05) is 6.54 Å². The van der Waals surface area contributed by atoms with Crippen LogP contribution in [0, 0.1) is 6.92 Å². The third-order valence-corrected chi connectivity index (χ3v) is 2.11. The topological polar surface area (TPSA) is 75.1 Å². The maximum Gasteiger partial charge on any atom is 0.156 e. The van der Waals surface area contributed by atoms with E-state index in [4.69, 9.17) is 11.6 Å². The summed E-state index contributed by atoms with van der Waals surface area (Å²) in [5.74, 6) is 0.809. The largest absolute Gasteiger partial charge is 0.389 e. The normalized spacial score (nSPS) is 11.3. The van der Waals surface area contributed by atoms with Crippen molar-refractivity contribution >= 4 is 23.7 Å². The highest BCUT2D eigenvalue weighted by Crippen LogP contribution is 2.19. The van der Waals surface area contributed by atoms with Crippen LogP contribution in [0.15, 0.2) is 0 Å². The van der Waals surface area contributed by atoms with E-state index in [2.05, 4.69) is 15.3 Å². The minimum Gasteiger partial charge on any atom is -0.389 e. The number of aldehydes is 1. The van der Waals surface area contributed by atoms with E-state index in [0.29, 0.717) is 17.9 Å². The molecule has 6 heteroatoms. The molecule has 1 rings (SSSR count). The number of aliphatic hydroxyl groups is 1. The zero-order chi connectivity index (χ0) is 12.3. The van der Waals surface area contributed by atoms with E-state index in [0.717, 1.165) is 0 Å². The summed E-state index contributed by atoms with van der Waals surface area (Å²) < 4.78 is 0. The number of nitrogens with one attached hydrogen (secondary N) is 1. The van der Waals surface area contributed by atoms with Crippen molar-refractivity contribution in [1.29, 1.82) is 0 Å². The van der Waals surface area contributed by atoms with Gasteiger partial charge in [0.1, 0.15) is 16.8 Å². The van der Waals surface area contributed by atoms with E-state index < -0.39 is 5.60 Å². The fourth-order valence-electron chi connectivity index (χ4n) is 1.09. The van der Waals surface area contributed by atoms with Gasteiger partial charge in [-0.1, -0.05) is 11.6 Å². The first-order chi connectivity index (χ1) is 7.33. The minimum atomic E-state index is -0.897. The van der Waals surface area contributed by atoms with Gasteiger partial charge in [-0.25, -0.2) is 9.97 Å². The van der Waals surface area contributed by atoms with E-state index in [9.17, 15) is 9.90 Å². The Morgan fingerprint density at radius 3 is 2.62 bits per heavy atom. The molecule has 0 fully saturated rings. The molecule has 0 bridgehead atoms. The molecule has 88 valence electrons. The monoisotopic (exact) mass is 243 g/mol. The number of aromatic nitrogens is 2. The summed E-state index contributed by atoms with van der Waals surface area (Å²) in [4.78, 5) is 18.7. The number of carbonyl (C=O) groups excluding carboxylic acids is 1. The fourth-order valence-corrected chi connectivity index (χ4v) is 1.34. The van der Waals surface area contributed by atoms with E-state index in [1.165, 1.54) is 0 Å². The van der Waals surface area contributed by atoms with Crippen LogP contribution in [0.25, 0.3) is 0 Å². The fraction of sp³-hybridized carbons (Fsp3) is 0.500. The smallest absolute Gasteiger partial charge is 0.156 e. The molecular weight excluding hydrogens is 230 g/mol. The van der Waals surface area contributed by atoms with Crippen LogP contribution < -0.4 is 5.32 Å². The molecule has 1 heterocycles. The van der Waals surface area contributed by atoms with Gasteiger partial charge in [-0.05, 0) is 20.8 Å². The van der Waals surface area contributed by atoms with Crippen LogP contribution in [-0.2, 0) is 0 Å². The molecule has 2 N–H and O–H groups in total. The molecule has 0 aromatic carbocycles. The number of halogens is 1. The SMILES string of the molecule is Cc1nc(Cl)c(C=O)c(NCC(C)(C)O)n1. The summed E-state index contributed by atoms with van der Waals surface area (Å²) in [5, 5.41) is 12.5. The summed E-state index contributed by atoms with van der Waals surface area (Å²) in [5.41, 5.74) is -0.692. The summed E-state index contributed by atoms with van der Waals surface area (Å²) in [6, 6.07) is 0. The number of nitrogens with zero attached hydrogens (tertiary/aromatic N) is 2. The second-order valence-corrected chi connectivity index (χ2v) is 4.47. The molecule has 0 aliphatic carbocycles. The van der Waals surface area contributed by atoms with Gasteiger partial charge in [-0.3, -0.25) is 4.79 Å². The van der Waals surface area contributed by atoms with Crippen molar-refractivity contribution in [3.63, 3.8) is 0 Å². The van der Waals surface area contributed by atoms with Gasteiger partial charge < -0.3 is 10.4 Å². The predicted molar refractivity (Wildman–Crippen MR) is 62.0 cm³/mol. The Kier molecular flexibility index (Phi) is 3.83. The van der Waals surface area contributed by atoms with Crippen LogP contribution in [0.3, 0.4) is 0 Å². The molecule has 0 aliphatic rings. The van der Waals surface area contributed by atoms with Gasteiger partial charge in [-0.15, -0.1) is 0 Å². The second-order valence-electron chi connectivity index (χ2n) is 4.11. The van der Waals surface area contributed by atoms with E-state index in [1.54, 1.807) is 20.8 Å². The maximum atomic E-state index is 10.8. The highest BCUT2D eigenvalue weighted by Gasteiger charge is 2.15. The van der Waals surface area contributed by atoms with Crippen LogP contribution >= 0.6 is 11.6 Å². The molecule has 1 aromatic heterocycles. The zero-order valence-electron chi connectivity index (χ0n) is 9.41. The Morgan fingerprint density at radius 2 is 2.12 bits per heavy atom. The number of anilines is 1. The van der Waals surface area contributed by atoms with Crippen LogP contribution in [0.4, 0.5) is 5.82 Å². The Hall–Kier alpha value is -1.20. The van der Waals surface area contributed by atoms with Crippen molar-refractivity contribution < 1.29 is 9.90 Å². The van der Waals surface area contributed by atoms with Gasteiger partial charge >= 0.3 is 0 Å². The summed E-state index contributed by atoms with van der Waals surface area (Å²) in [6.45, 7) is 5.24. The van der Waals surface area contributed by atoms with Gasteiger partial charge in [0.05, 0.1) is 11.2 Å². The lowest BCUT2D eigenvalue weighted by molar-refractivity contribution is 0.0942. The number of hydrogen-bond donors (Lipinski definition) is 2. The molecule has 0 radical (unpaired) electrons. The molecule has 0 spiro atoms. The van der Waals surface area contributed by atoms with E-state index in [-0.39, 0.29) is 17.3 Å². The Bertz CT molecular complexity index is 402. The Labute approximate surface area is 98.9 Å². The second kappa shape index (κ2) is 4.76. The summed E-state index contributed by atoms with van der Waals surface area (Å²) >= 11 is 5.80. The molecule has 5 nitrogen and oxygen atoms in total. The molecule has 0 aliphatic heterocycles. The highest BCUT2D eigenvalue weighted by atomic mass is 35.5. The molecule has 0 atom stereocenters. The van der Waals surface area contributed by atoms with Crippen LogP contribution in [0.2, 0.25) is 5.15 Å². The van der Waals surface area contributed by atoms with E-state index in [1.807, 2.05) is 0 Å². The highest BCUT2D eigenvalue weighted by molar-refractivity contribution is 6.32. The molecule has 0 unspecified atom stereocenters. The number of hydrogen-bond acceptors (Lipinski definition) is 5. The van der Waals surface area contributed by atoms with Crippen molar-refractivity contribution in [2.75, 3.05) is 11.9 Å². The molecule has 0 saturated heterocycles. The van der Waals surface area contributed by atoms with Crippen molar-refractivity contribution in [1.82, 2.24) is 9.97 Å².